The Morgan fingerprint density at radius 3 is 2.93 bits per heavy atom. The van der Waals surface area contributed by atoms with Crippen molar-refractivity contribution in [3.8, 4) is 5.75 Å². The summed E-state index contributed by atoms with van der Waals surface area (Å²) >= 11 is 0. The summed E-state index contributed by atoms with van der Waals surface area (Å²) < 4.78 is 5.67. The molecule has 1 aliphatic rings. The van der Waals surface area contributed by atoms with Gasteiger partial charge in [-0.15, -0.1) is 0 Å². The first-order chi connectivity index (χ1) is 6.84. The summed E-state index contributed by atoms with van der Waals surface area (Å²) in [7, 11) is 0. The average Bonchev–Trinajstić information content (AvgIpc) is 2.09. The van der Waals surface area contributed by atoms with Crippen LogP contribution >= 0.6 is 0 Å². The van der Waals surface area contributed by atoms with E-state index in [-0.39, 0.29) is 0 Å². The van der Waals surface area contributed by atoms with Crippen molar-refractivity contribution in [3.63, 3.8) is 0 Å². The lowest BCUT2D eigenvalue weighted by Crippen LogP contribution is -2.42. The number of hydrogen-bond donors (Lipinski definition) is 1. The molecule has 76 valence electrons. The van der Waals surface area contributed by atoms with Crippen LogP contribution in [0.3, 0.4) is 0 Å². The van der Waals surface area contributed by atoms with Crippen LogP contribution in [-0.4, -0.2) is 19.7 Å². The van der Waals surface area contributed by atoms with Gasteiger partial charge in [0.2, 0.25) is 0 Å². The van der Waals surface area contributed by atoms with Crippen molar-refractivity contribution in [2.45, 2.75) is 13.3 Å². The minimum atomic E-state index is 0.833. The van der Waals surface area contributed by atoms with Gasteiger partial charge in [0, 0.05) is 0 Å². The van der Waals surface area contributed by atoms with E-state index in [1.807, 2.05) is 12.1 Å². The van der Waals surface area contributed by atoms with E-state index in [1.54, 1.807) is 0 Å². The average molecular weight is 191 g/mol. The first-order valence-corrected chi connectivity index (χ1v) is 5.25. The molecule has 0 aliphatic carbocycles. The number of benzene rings is 1. The van der Waals surface area contributed by atoms with Gasteiger partial charge in [0.1, 0.15) is 5.75 Å². The second-order valence-electron chi connectivity index (χ2n) is 3.98. The van der Waals surface area contributed by atoms with Gasteiger partial charge in [0.15, 0.2) is 0 Å². The van der Waals surface area contributed by atoms with Gasteiger partial charge >= 0.3 is 0 Å². The fourth-order valence-corrected chi connectivity index (χ4v) is 1.60. The summed E-state index contributed by atoms with van der Waals surface area (Å²) in [5.41, 5.74) is 1.26. The summed E-state index contributed by atoms with van der Waals surface area (Å²) in [5, 5.41) is 3.26. The van der Waals surface area contributed by atoms with Gasteiger partial charge in [-0.05, 0) is 50.0 Å². The van der Waals surface area contributed by atoms with E-state index in [0.717, 1.165) is 31.4 Å². The topological polar surface area (TPSA) is 21.3 Å². The second kappa shape index (κ2) is 4.47. The molecule has 0 atom stereocenters. The van der Waals surface area contributed by atoms with E-state index >= 15 is 0 Å². The number of hydrogen-bond acceptors (Lipinski definition) is 2. The lowest BCUT2D eigenvalue weighted by Gasteiger charge is -2.26. The van der Waals surface area contributed by atoms with Crippen LogP contribution < -0.4 is 10.1 Å². The monoisotopic (exact) mass is 191 g/mol. The van der Waals surface area contributed by atoms with E-state index < -0.39 is 0 Å². The van der Waals surface area contributed by atoms with Crippen LogP contribution in [0.1, 0.15) is 12.0 Å². The zero-order valence-corrected chi connectivity index (χ0v) is 8.62. The molecule has 0 unspecified atom stereocenters. The zero-order valence-electron chi connectivity index (χ0n) is 8.62. The molecule has 0 amide bonds. The molecule has 2 heteroatoms. The SMILES string of the molecule is Cc1cccc(OCCC2CNC2)c1. The smallest absolute Gasteiger partial charge is 0.119 e. The van der Waals surface area contributed by atoms with E-state index in [0.29, 0.717) is 0 Å². The summed E-state index contributed by atoms with van der Waals surface area (Å²) in [6, 6.07) is 8.23. The Hall–Kier alpha value is -1.02. The quantitative estimate of drug-likeness (QED) is 0.785. The van der Waals surface area contributed by atoms with Crippen molar-refractivity contribution in [3.05, 3.63) is 29.8 Å². The standard InChI is InChI=1S/C12H17NO/c1-10-3-2-4-12(7-10)14-6-5-11-8-13-9-11/h2-4,7,11,13H,5-6,8-9H2,1H3. The summed E-state index contributed by atoms with van der Waals surface area (Å²) in [6.45, 7) is 5.26. The second-order valence-corrected chi connectivity index (χ2v) is 3.98. The lowest BCUT2D eigenvalue weighted by atomic mass is 10.0. The molecular formula is C12H17NO. The molecule has 1 heterocycles. The maximum atomic E-state index is 5.67. The molecule has 1 aromatic rings. The zero-order chi connectivity index (χ0) is 9.80. The predicted octanol–water partition coefficient (Wildman–Crippen LogP) is 1.98. The van der Waals surface area contributed by atoms with Gasteiger partial charge in [-0.2, -0.15) is 0 Å². The van der Waals surface area contributed by atoms with Crippen molar-refractivity contribution < 1.29 is 4.74 Å². The van der Waals surface area contributed by atoms with Crippen LogP contribution in [0.5, 0.6) is 5.75 Å². The molecule has 1 saturated heterocycles. The Labute approximate surface area is 85.3 Å². The van der Waals surface area contributed by atoms with Gasteiger partial charge in [0.25, 0.3) is 0 Å². The number of nitrogens with one attached hydrogen (secondary N) is 1. The highest BCUT2D eigenvalue weighted by Crippen LogP contribution is 2.14. The van der Waals surface area contributed by atoms with Crippen molar-refractivity contribution in [1.82, 2.24) is 5.32 Å². The Kier molecular flexibility index (Phi) is 3.04. The minimum Gasteiger partial charge on any atom is -0.494 e. The first kappa shape index (κ1) is 9.53. The molecule has 0 saturated carbocycles. The van der Waals surface area contributed by atoms with Crippen molar-refractivity contribution in [2.75, 3.05) is 19.7 Å². The molecule has 1 N–H and O–H groups in total. The third-order valence-electron chi connectivity index (χ3n) is 2.65. The molecule has 0 aromatic heterocycles. The Balaban J connectivity index is 1.74. The van der Waals surface area contributed by atoms with Gasteiger partial charge < -0.3 is 10.1 Å². The Morgan fingerprint density at radius 1 is 1.43 bits per heavy atom. The highest BCUT2D eigenvalue weighted by molar-refractivity contribution is 5.27. The third-order valence-corrected chi connectivity index (χ3v) is 2.65. The molecule has 14 heavy (non-hydrogen) atoms. The van der Waals surface area contributed by atoms with Crippen LogP contribution in [0.2, 0.25) is 0 Å². The fraction of sp³-hybridized carbons (Fsp3) is 0.500. The molecule has 1 fully saturated rings. The van der Waals surface area contributed by atoms with Crippen molar-refractivity contribution >= 4 is 0 Å². The number of aryl methyl sites for hydroxylation is 1. The van der Waals surface area contributed by atoms with Crippen LogP contribution in [0.15, 0.2) is 24.3 Å². The largest absolute Gasteiger partial charge is 0.494 e. The Bertz CT molecular complexity index is 294. The van der Waals surface area contributed by atoms with Crippen molar-refractivity contribution in [1.29, 1.82) is 0 Å². The fourth-order valence-electron chi connectivity index (χ4n) is 1.60. The number of rotatable bonds is 4. The molecule has 0 spiro atoms. The first-order valence-electron chi connectivity index (χ1n) is 5.25. The van der Waals surface area contributed by atoms with Crippen LogP contribution in [0.25, 0.3) is 0 Å². The molecule has 1 aliphatic heterocycles. The number of ether oxygens (including phenoxy) is 1. The third kappa shape index (κ3) is 2.48. The summed E-state index contributed by atoms with van der Waals surface area (Å²) in [4.78, 5) is 0. The normalized spacial score (nSPS) is 16.4. The van der Waals surface area contributed by atoms with Crippen LogP contribution in [0.4, 0.5) is 0 Å². The maximum Gasteiger partial charge on any atom is 0.119 e. The Morgan fingerprint density at radius 2 is 2.29 bits per heavy atom. The highest BCUT2D eigenvalue weighted by atomic mass is 16.5. The molecule has 2 rings (SSSR count). The summed E-state index contributed by atoms with van der Waals surface area (Å²) in [6.07, 6.45) is 1.17. The van der Waals surface area contributed by atoms with E-state index in [1.165, 1.54) is 12.0 Å². The molecule has 0 radical (unpaired) electrons. The van der Waals surface area contributed by atoms with Crippen LogP contribution in [0, 0.1) is 12.8 Å². The van der Waals surface area contributed by atoms with Gasteiger partial charge in [-0.3, -0.25) is 0 Å². The minimum absolute atomic E-state index is 0.833. The molecule has 2 nitrogen and oxygen atoms in total. The lowest BCUT2D eigenvalue weighted by molar-refractivity contribution is 0.238. The molecule has 0 bridgehead atoms. The van der Waals surface area contributed by atoms with Gasteiger partial charge in [-0.25, -0.2) is 0 Å². The van der Waals surface area contributed by atoms with Gasteiger partial charge in [-0.1, -0.05) is 12.1 Å². The maximum absolute atomic E-state index is 5.67. The summed E-state index contributed by atoms with van der Waals surface area (Å²) in [5.74, 6) is 1.83. The van der Waals surface area contributed by atoms with E-state index in [9.17, 15) is 0 Å². The highest BCUT2D eigenvalue weighted by Gasteiger charge is 2.15. The predicted molar refractivity (Wildman–Crippen MR) is 57.7 cm³/mol. The van der Waals surface area contributed by atoms with E-state index in [4.69, 9.17) is 4.74 Å². The van der Waals surface area contributed by atoms with Crippen LogP contribution in [-0.2, 0) is 0 Å². The van der Waals surface area contributed by atoms with Gasteiger partial charge in [0.05, 0.1) is 6.61 Å². The molecule has 1 aromatic carbocycles. The van der Waals surface area contributed by atoms with Crippen molar-refractivity contribution in [2.24, 2.45) is 5.92 Å². The van der Waals surface area contributed by atoms with E-state index in [2.05, 4.69) is 24.4 Å². The molecular weight excluding hydrogens is 174 g/mol.